The standard InChI is InChI=1S/C24H22ClN3O3/c25-16-7-8-19-20(24(30)27-21(19)11-16)10-15-13-28(22-6-2-1-5-18(15)22)14-23(29)26-12-17-4-3-9-31-17/h1-2,5-8,10-11,13,17H,3-4,9,12,14H2,(H,26,29)(H,27,30)/b20-10+/t17-/m1/s1. The molecule has 3 aromatic rings. The first-order valence-electron chi connectivity index (χ1n) is 10.4. The lowest BCUT2D eigenvalue weighted by Gasteiger charge is -2.11. The van der Waals surface area contributed by atoms with Crippen molar-refractivity contribution in [2.75, 3.05) is 18.5 Å². The minimum Gasteiger partial charge on any atom is -0.376 e. The Hall–Kier alpha value is -3.09. The molecule has 0 spiro atoms. The van der Waals surface area contributed by atoms with Crippen LogP contribution in [0.25, 0.3) is 22.6 Å². The average Bonchev–Trinajstić information content (AvgIpc) is 3.46. The van der Waals surface area contributed by atoms with E-state index in [1.165, 1.54) is 0 Å². The molecule has 0 bridgehead atoms. The zero-order chi connectivity index (χ0) is 21.4. The number of hydrogen-bond acceptors (Lipinski definition) is 3. The predicted octanol–water partition coefficient (Wildman–Crippen LogP) is 4.08. The van der Waals surface area contributed by atoms with Gasteiger partial charge in [-0.25, -0.2) is 0 Å². The van der Waals surface area contributed by atoms with Gasteiger partial charge in [-0.3, -0.25) is 9.59 Å². The molecule has 1 aromatic heterocycles. The van der Waals surface area contributed by atoms with Crippen molar-refractivity contribution in [2.45, 2.75) is 25.5 Å². The van der Waals surface area contributed by atoms with Crippen LogP contribution in [0.3, 0.4) is 0 Å². The molecular formula is C24H22ClN3O3. The molecule has 31 heavy (non-hydrogen) atoms. The molecular weight excluding hydrogens is 414 g/mol. The second-order valence-electron chi connectivity index (χ2n) is 7.87. The third kappa shape index (κ3) is 3.96. The SMILES string of the molecule is O=C(Cn1cc(/C=C2/C(=O)Nc3cc(Cl)ccc32)c2ccccc21)NC[C@H]1CCCO1. The van der Waals surface area contributed by atoms with Crippen LogP contribution in [0.15, 0.2) is 48.7 Å². The van der Waals surface area contributed by atoms with Gasteiger partial charge in [0.1, 0.15) is 6.54 Å². The van der Waals surface area contributed by atoms with Crippen LogP contribution in [0.2, 0.25) is 5.02 Å². The number of nitrogens with one attached hydrogen (secondary N) is 2. The first-order valence-corrected chi connectivity index (χ1v) is 10.8. The Kier molecular flexibility index (Phi) is 5.26. The minimum atomic E-state index is -0.164. The number of fused-ring (bicyclic) bond motifs is 2. The van der Waals surface area contributed by atoms with E-state index in [1.807, 2.05) is 47.2 Å². The van der Waals surface area contributed by atoms with Crippen molar-refractivity contribution in [3.63, 3.8) is 0 Å². The summed E-state index contributed by atoms with van der Waals surface area (Å²) in [6, 6.07) is 13.2. The summed E-state index contributed by atoms with van der Waals surface area (Å²) >= 11 is 6.06. The van der Waals surface area contributed by atoms with E-state index >= 15 is 0 Å². The molecule has 2 aromatic carbocycles. The highest BCUT2D eigenvalue weighted by atomic mass is 35.5. The maximum absolute atomic E-state index is 12.6. The lowest BCUT2D eigenvalue weighted by atomic mass is 10.0. The van der Waals surface area contributed by atoms with Crippen molar-refractivity contribution >= 4 is 51.7 Å². The molecule has 1 saturated heterocycles. The average molecular weight is 436 g/mol. The van der Waals surface area contributed by atoms with Crippen molar-refractivity contribution in [3.8, 4) is 0 Å². The summed E-state index contributed by atoms with van der Waals surface area (Å²) in [5.74, 6) is -0.225. The number of carbonyl (C=O) groups is 2. The Balaban J connectivity index is 1.44. The normalized spacial score (nSPS) is 19.1. The van der Waals surface area contributed by atoms with Crippen LogP contribution in [-0.4, -0.2) is 35.6 Å². The zero-order valence-corrected chi connectivity index (χ0v) is 17.6. The molecule has 2 aliphatic heterocycles. The minimum absolute atomic E-state index is 0.0611. The first-order chi connectivity index (χ1) is 15.1. The number of hydrogen-bond donors (Lipinski definition) is 2. The number of anilines is 1. The Bertz CT molecular complexity index is 1210. The fourth-order valence-electron chi connectivity index (χ4n) is 4.23. The summed E-state index contributed by atoms with van der Waals surface area (Å²) in [4.78, 5) is 25.1. The van der Waals surface area contributed by atoms with Gasteiger partial charge in [-0.2, -0.15) is 0 Å². The summed E-state index contributed by atoms with van der Waals surface area (Å²) in [6.45, 7) is 1.51. The molecule has 0 unspecified atom stereocenters. The number of ether oxygens (including phenoxy) is 1. The van der Waals surface area contributed by atoms with Gasteiger partial charge < -0.3 is 19.9 Å². The molecule has 1 atom stereocenters. The Labute approximate surface area is 184 Å². The van der Waals surface area contributed by atoms with E-state index in [0.29, 0.717) is 22.8 Å². The smallest absolute Gasteiger partial charge is 0.256 e. The van der Waals surface area contributed by atoms with Gasteiger partial charge in [-0.05, 0) is 37.1 Å². The van der Waals surface area contributed by atoms with Gasteiger partial charge >= 0.3 is 0 Å². The molecule has 0 saturated carbocycles. The van der Waals surface area contributed by atoms with Gasteiger partial charge in [0.05, 0.1) is 11.8 Å². The van der Waals surface area contributed by atoms with Crippen LogP contribution < -0.4 is 10.6 Å². The van der Waals surface area contributed by atoms with Crippen LogP contribution in [0.5, 0.6) is 0 Å². The Morgan fingerprint density at radius 1 is 1.29 bits per heavy atom. The molecule has 2 amide bonds. The molecule has 2 N–H and O–H groups in total. The summed E-state index contributed by atoms with van der Waals surface area (Å²) in [6.07, 6.45) is 5.94. The number of para-hydroxylation sites is 1. The van der Waals surface area contributed by atoms with E-state index in [2.05, 4.69) is 10.6 Å². The van der Waals surface area contributed by atoms with E-state index in [-0.39, 0.29) is 24.5 Å². The van der Waals surface area contributed by atoms with Gasteiger partial charge in [0.2, 0.25) is 5.91 Å². The third-order valence-corrected chi connectivity index (χ3v) is 5.98. The van der Waals surface area contributed by atoms with Crippen molar-refractivity contribution < 1.29 is 14.3 Å². The number of halogens is 1. The molecule has 7 heteroatoms. The van der Waals surface area contributed by atoms with Crippen LogP contribution in [0, 0.1) is 0 Å². The molecule has 2 aliphatic rings. The van der Waals surface area contributed by atoms with Gasteiger partial charge in [-0.15, -0.1) is 0 Å². The van der Waals surface area contributed by atoms with Gasteiger partial charge in [0.25, 0.3) is 5.91 Å². The molecule has 0 aliphatic carbocycles. The van der Waals surface area contributed by atoms with Crippen LogP contribution in [0.1, 0.15) is 24.0 Å². The third-order valence-electron chi connectivity index (χ3n) is 5.75. The van der Waals surface area contributed by atoms with Crippen LogP contribution in [0.4, 0.5) is 5.69 Å². The number of nitrogens with zero attached hydrogens (tertiary/aromatic N) is 1. The second kappa shape index (κ2) is 8.21. The van der Waals surface area contributed by atoms with Gasteiger partial charge in [-0.1, -0.05) is 35.9 Å². The second-order valence-corrected chi connectivity index (χ2v) is 8.31. The van der Waals surface area contributed by atoms with E-state index in [0.717, 1.165) is 41.5 Å². The van der Waals surface area contributed by atoms with Gasteiger partial charge in [0.15, 0.2) is 0 Å². The molecule has 5 rings (SSSR count). The van der Waals surface area contributed by atoms with Crippen molar-refractivity contribution in [1.29, 1.82) is 0 Å². The monoisotopic (exact) mass is 435 g/mol. The van der Waals surface area contributed by atoms with Gasteiger partial charge in [0, 0.05) is 52.0 Å². The number of aromatic nitrogens is 1. The number of rotatable bonds is 5. The number of benzene rings is 2. The topological polar surface area (TPSA) is 72.4 Å². The lowest BCUT2D eigenvalue weighted by molar-refractivity contribution is -0.122. The molecule has 0 radical (unpaired) electrons. The Morgan fingerprint density at radius 3 is 3.00 bits per heavy atom. The summed E-state index contributed by atoms with van der Waals surface area (Å²) in [5.41, 5.74) is 3.94. The van der Waals surface area contributed by atoms with E-state index in [1.54, 1.807) is 12.1 Å². The van der Waals surface area contributed by atoms with E-state index in [9.17, 15) is 9.59 Å². The van der Waals surface area contributed by atoms with Crippen molar-refractivity contribution in [1.82, 2.24) is 9.88 Å². The number of carbonyl (C=O) groups excluding carboxylic acids is 2. The largest absolute Gasteiger partial charge is 0.376 e. The maximum Gasteiger partial charge on any atom is 0.256 e. The molecule has 158 valence electrons. The summed E-state index contributed by atoms with van der Waals surface area (Å²) < 4.78 is 7.49. The molecule has 6 nitrogen and oxygen atoms in total. The fraction of sp³-hybridized carbons (Fsp3) is 0.250. The zero-order valence-electron chi connectivity index (χ0n) is 16.9. The Morgan fingerprint density at radius 2 is 2.16 bits per heavy atom. The fourth-order valence-corrected chi connectivity index (χ4v) is 4.40. The summed E-state index contributed by atoms with van der Waals surface area (Å²) in [5, 5.41) is 7.39. The first kappa shape index (κ1) is 19.8. The van der Waals surface area contributed by atoms with Crippen molar-refractivity contribution in [2.24, 2.45) is 0 Å². The maximum atomic E-state index is 12.6. The molecule has 1 fully saturated rings. The summed E-state index contributed by atoms with van der Waals surface area (Å²) in [7, 11) is 0. The van der Waals surface area contributed by atoms with Crippen LogP contribution in [-0.2, 0) is 20.9 Å². The highest BCUT2D eigenvalue weighted by molar-refractivity contribution is 6.36. The molecule has 3 heterocycles. The highest BCUT2D eigenvalue weighted by Crippen LogP contribution is 2.36. The van der Waals surface area contributed by atoms with E-state index < -0.39 is 0 Å². The quantitative estimate of drug-likeness (QED) is 0.593. The van der Waals surface area contributed by atoms with Crippen LogP contribution >= 0.6 is 11.6 Å². The number of amides is 2. The lowest BCUT2D eigenvalue weighted by Crippen LogP contribution is -2.34. The highest BCUT2D eigenvalue weighted by Gasteiger charge is 2.25. The predicted molar refractivity (Wildman–Crippen MR) is 122 cm³/mol. The van der Waals surface area contributed by atoms with E-state index in [4.69, 9.17) is 16.3 Å². The van der Waals surface area contributed by atoms with Crippen molar-refractivity contribution in [3.05, 3.63) is 64.8 Å².